The lowest BCUT2D eigenvalue weighted by atomic mass is 9.82. The predicted molar refractivity (Wildman–Crippen MR) is 61.0 cm³/mol. The first-order valence-corrected chi connectivity index (χ1v) is 5.67. The molecule has 1 heterocycles. The molecule has 1 unspecified atom stereocenters. The Bertz CT molecular complexity index is 298. The minimum absolute atomic E-state index is 0.138. The van der Waals surface area contributed by atoms with Gasteiger partial charge in [0.1, 0.15) is 0 Å². The molecular weight excluding hydrogens is 206 g/mol. The van der Waals surface area contributed by atoms with E-state index in [1.165, 1.54) is 0 Å². The molecule has 1 amide bonds. The standard InChI is InChI=1S/C12H21NO3/c1-8(2)6-13-10(15)12(7-16-12)9(14)11(3,4)5/h8H,6-7H2,1-5H3,(H,13,15). The summed E-state index contributed by atoms with van der Waals surface area (Å²) in [4.78, 5) is 23.9. The van der Waals surface area contributed by atoms with Crippen LogP contribution in [0.1, 0.15) is 34.6 Å². The molecule has 1 aliphatic heterocycles. The van der Waals surface area contributed by atoms with Crippen LogP contribution in [0.25, 0.3) is 0 Å². The molecule has 0 radical (unpaired) electrons. The smallest absolute Gasteiger partial charge is 0.262 e. The number of amides is 1. The second-order valence-corrected chi connectivity index (χ2v) is 5.80. The van der Waals surface area contributed by atoms with E-state index in [-0.39, 0.29) is 18.3 Å². The number of carbonyl (C=O) groups excluding carboxylic acids is 2. The zero-order valence-electron chi connectivity index (χ0n) is 10.7. The molecule has 1 N–H and O–H groups in total. The summed E-state index contributed by atoms with van der Waals surface area (Å²) >= 11 is 0. The van der Waals surface area contributed by atoms with Crippen molar-refractivity contribution in [2.24, 2.45) is 11.3 Å². The maximum atomic E-state index is 12.0. The summed E-state index contributed by atoms with van der Waals surface area (Å²) in [6.45, 7) is 10.2. The van der Waals surface area contributed by atoms with Gasteiger partial charge in [-0.15, -0.1) is 0 Å². The maximum absolute atomic E-state index is 12.0. The van der Waals surface area contributed by atoms with Crippen LogP contribution in [0.2, 0.25) is 0 Å². The summed E-state index contributed by atoms with van der Waals surface area (Å²) in [6, 6.07) is 0. The van der Waals surface area contributed by atoms with E-state index in [0.717, 1.165) is 0 Å². The summed E-state index contributed by atoms with van der Waals surface area (Å²) in [5.74, 6) is -0.0631. The lowest BCUT2D eigenvalue weighted by molar-refractivity contribution is -0.140. The van der Waals surface area contributed by atoms with Crippen molar-refractivity contribution in [2.45, 2.75) is 40.2 Å². The number of nitrogens with one attached hydrogen (secondary N) is 1. The molecule has 4 heteroatoms. The van der Waals surface area contributed by atoms with E-state index in [2.05, 4.69) is 5.32 Å². The highest BCUT2D eigenvalue weighted by Gasteiger charge is 2.61. The monoisotopic (exact) mass is 227 g/mol. The zero-order valence-corrected chi connectivity index (χ0v) is 10.7. The number of hydrogen-bond acceptors (Lipinski definition) is 3. The van der Waals surface area contributed by atoms with E-state index in [1.54, 1.807) is 20.8 Å². The quantitative estimate of drug-likeness (QED) is 0.579. The molecule has 1 aliphatic rings. The van der Waals surface area contributed by atoms with E-state index in [1.807, 2.05) is 13.8 Å². The highest BCUT2D eigenvalue weighted by molar-refractivity contribution is 6.13. The molecular formula is C12H21NO3. The van der Waals surface area contributed by atoms with Crippen molar-refractivity contribution in [1.82, 2.24) is 5.32 Å². The molecule has 92 valence electrons. The molecule has 0 aliphatic carbocycles. The Hall–Kier alpha value is -0.900. The number of carbonyl (C=O) groups is 2. The molecule has 1 fully saturated rings. The lowest BCUT2D eigenvalue weighted by Crippen LogP contribution is -2.48. The fourth-order valence-electron chi connectivity index (χ4n) is 1.48. The Morgan fingerprint density at radius 2 is 1.88 bits per heavy atom. The molecule has 0 spiro atoms. The van der Waals surface area contributed by atoms with Crippen LogP contribution >= 0.6 is 0 Å². The largest absolute Gasteiger partial charge is 0.353 e. The first-order chi connectivity index (χ1) is 7.20. The van der Waals surface area contributed by atoms with E-state index >= 15 is 0 Å². The normalized spacial score (nSPS) is 24.4. The number of hydrogen-bond donors (Lipinski definition) is 1. The Morgan fingerprint density at radius 3 is 2.19 bits per heavy atom. The summed E-state index contributed by atoms with van der Waals surface area (Å²) < 4.78 is 5.12. The van der Waals surface area contributed by atoms with Crippen molar-refractivity contribution >= 4 is 11.7 Å². The van der Waals surface area contributed by atoms with Gasteiger partial charge in [0.25, 0.3) is 5.91 Å². The fourth-order valence-corrected chi connectivity index (χ4v) is 1.48. The highest BCUT2D eigenvalue weighted by atomic mass is 16.6. The Morgan fingerprint density at radius 1 is 1.38 bits per heavy atom. The molecule has 16 heavy (non-hydrogen) atoms. The third-order valence-electron chi connectivity index (χ3n) is 2.52. The van der Waals surface area contributed by atoms with Gasteiger partial charge >= 0.3 is 0 Å². The van der Waals surface area contributed by atoms with E-state index in [9.17, 15) is 9.59 Å². The molecule has 0 bridgehead atoms. The predicted octanol–water partition coefficient (Wildman–Crippen LogP) is 1.14. The van der Waals surface area contributed by atoms with Crippen molar-refractivity contribution in [3.8, 4) is 0 Å². The first kappa shape index (κ1) is 13.2. The number of rotatable bonds is 4. The van der Waals surface area contributed by atoms with Crippen LogP contribution in [0.4, 0.5) is 0 Å². The average molecular weight is 227 g/mol. The molecule has 1 rings (SSSR count). The second kappa shape index (κ2) is 4.17. The van der Waals surface area contributed by atoms with Crippen LogP contribution in [0, 0.1) is 11.3 Å². The molecule has 0 aromatic carbocycles. The minimum Gasteiger partial charge on any atom is -0.353 e. The van der Waals surface area contributed by atoms with Gasteiger partial charge in [-0.3, -0.25) is 9.59 Å². The maximum Gasteiger partial charge on any atom is 0.262 e. The second-order valence-electron chi connectivity index (χ2n) is 5.80. The van der Waals surface area contributed by atoms with Crippen LogP contribution in [0.15, 0.2) is 0 Å². The van der Waals surface area contributed by atoms with E-state index < -0.39 is 11.0 Å². The summed E-state index contributed by atoms with van der Waals surface area (Å²) in [6.07, 6.45) is 0. The van der Waals surface area contributed by atoms with Crippen molar-refractivity contribution < 1.29 is 14.3 Å². The Labute approximate surface area is 96.7 Å². The van der Waals surface area contributed by atoms with Crippen LogP contribution in [0.5, 0.6) is 0 Å². The van der Waals surface area contributed by atoms with Crippen LogP contribution < -0.4 is 5.32 Å². The summed E-state index contributed by atoms with van der Waals surface area (Å²) in [5, 5.41) is 2.75. The summed E-state index contributed by atoms with van der Waals surface area (Å²) in [7, 11) is 0. The van der Waals surface area contributed by atoms with Gasteiger partial charge in [-0.05, 0) is 5.92 Å². The molecule has 1 saturated heterocycles. The van der Waals surface area contributed by atoms with Gasteiger partial charge in [0.15, 0.2) is 5.78 Å². The van der Waals surface area contributed by atoms with Gasteiger partial charge in [-0.2, -0.15) is 0 Å². The van der Waals surface area contributed by atoms with Crippen molar-refractivity contribution in [3.63, 3.8) is 0 Å². The molecule has 0 aromatic rings. The lowest BCUT2D eigenvalue weighted by Gasteiger charge is -2.21. The van der Waals surface area contributed by atoms with Crippen molar-refractivity contribution in [2.75, 3.05) is 13.2 Å². The number of epoxide rings is 1. The first-order valence-electron chi connectivity index (χ1n) is 5.67. The molecule has 4 nitrogen and oxygen atoms in total. The third-order valence-corrected chi connectivity index (χ3v) is 2.52. The van der Waals surface area contributed by atoms with Crippen LogP contribution in [-0.4, -0.2) is 30.4 Å². The van der Waals surface area contributed by atoms with Gasteiger partial charge in [-0.1, -0.05) is 34.6 Å². The van der Waals surface area contributed by atoms with Gasteiger partial charge in [0.05, 0.1) is 6.61 Å². The van der Waals surface area contributed by atoms with Gasteiger partial charge in [0, 0.05) is 12.0 Å². The Kier molecular flexibility index (Phi) is 3.43. The zero-order chi connectivity index (χ0) is 12.6. The fraction of sp³-hybridized carbons (Fsp3) is 0.833. The number of ketones is 1. The number of ether oxygens (including phenoxy) is 1. The van der Waals surface area contributed by atoms with Crippen LogP contribution in [-0.2, 0) is 14.3 Å². The Balaban J connectivity index is 2.65. The third kappa shape index (κ3) is 2.61. The number of Topliss-reactive ketones (excluding diaryl/α,β-unsaturated/α-hetero) is 1. The topological polar surface area (TPSA) is 58.7 Å². The molecule has 0 saturated carbocycles. The minimum atomic E-state index is -1.20. The highest BCUT2D eigenvalue weighted by Crippen LogP contribution is 2.35. The van der Waals surface area contributed by atoms with Gasteiger partial charge < -0.3 is 10.1 Å². The van der Waals surface area contributed by atoms with E-state index in [0.29, 0.717) is 12.5 Å². The molecule has 1 atom stereocenters. The van der Waals surface area contributed by atoms with Gasteiger partial charge in [0.2, 0.25) is 5.60 Å². The van der Waals surface area contributed by atoms with Crippen molar-refractivity contribution in [1.29, 1.82) is 0 Å². The van der Waals surface area contributed by atoms with Crippen LogP contribution in [0.3, 0.4) is 0 Å². The van der Waals surface area contributed by atoms with Gasteiger partial charge in [-0.25, -0.2) is 0 Å². The van der Waals surface area contributed by atoms with E-state index in [4.69, 9.17) is 4.74 Å². The average Bonchev–Trinajstić information content (AvgIpc) is 2.92. The van der Waals surface area contributed by atoms with Crippen molar-refractivity contribution in [3.05, 3.63) is 0 Å². The summed E-state index contributed by atoms with van der Waals surface area (Å²) in [5.41, 5.74) is -1.75. The molecule has 0 aromatic heterocycles. The SMILES string of the molecule is CC(C)CNC(=O)C1(C(=O)C(C)(C)C)CO1.